The lowest BCUT2D eigenvalue weighted by Gasteiger charge is -2.41. The number of rotatable bonds is 4. The Hall–Kier alpha value is -0.0800. The van der Waals surface area contributed by atoms with E-state index in [1.165, 1.54) is 64.6 Å². The summed E-state index contributed by atoms with van der Waals surface area (Å²) in [6.45, 7) is 11.1. The average Bonchev–Trinajstić information content (AvgIpc) is 2.33. The number of piperidine rings is 1. The van der Waals surface area contributed by atoms with Crippen LogP contribution in [0.15, 0.2) is 0 Å². The van der Waals surface area contributed by atoms with Crippen LogP contribution in [0.5, 0.6) is 0 Å². The fourth-order valence-electron chi connectivity index (χ4n) is 3.73. The van der Waals surface area contributed by atoms with Crippen LogP contribution in [0.2, 0.25) is 0 Å². The second kappa shape index (κ2) is 6.38. The van der Waals surface area contributed by atoms with Gasteiger partial charge in [-0.05, 0) is 51.1 Å². The van der Waals surface area contributed by atoms with Crippen molar-refractivity contribution in [1.82, 2.24) is 10.2 Å². The van der Waals surface area contributed by atoms with Gasteiger partial charge in [0.25, 0.3) is 0 Å². The van der Waals surface area contributed by atoms with Gasteiger partial charge in [-0.15, -0.1) is 0 Å². The van der Waals surface area contributed by atoms with E-state index in [2.05, 4.69) is 31.0 Å². The largest absolute Gasteiger partial charge is 0.310 e. The van der Waals surface area contributed by atoms with Gasteiger partial charge in [0.15, 0.2) is 0 Å². The lowest BCUT2D eigenvalue weighted by molar-refractivity contribution is 0.139. The second-order valence-electron chi connectivity index (χ2n) is 7.22. The molecule has 2 nitrogen and oxygen atoms in total. The Morgan fingerprint density at radius 1 is 1.11 bits per heavy atom. The van der Waals surface area contributed by atoms with Crippen molar-refractivity contribution in [1.29, 1.82) is 0 Å². The second-order valence-corrected chi connectivity index (χ2v) is 7.22. The van der Waals surface area contributed by atoms with E-state index in [0.29, 0.717) is 11.5 Å². The lowest BCUT2D eigenvalue weighted by Crippen LogP contribution is -2.51. The monoisotopic (exact) mass is 252 g/mol. The van der Waals surface area contributed by atoms with Crippen molar-refractivity contribution in [2.75, 3.05) is 19.6 Å². The third kappa shape index (κ3) is 3.96. The maximum Gasteiger partial charge on any atom is 0.0169 e. The molecule has 106 valence electrons. The molecule has 0 aromatic carbocycles. The molecule has 1 saturated heterocycles. The van der Waals surface area contributed by atoms with Gasteiger partial charge in [0.1, 0.15) is 0 Å². The molecule has 2 rings (SSSR count). The zero-order valence-electron chi connectivity index (χ0n) is 12.7. The maximum absolute atomic E-state index is 3.91. The number of hydrogen-bond donors (Lipinski definition) is 1. The van der Waals surface area contributed by atoms with Gasteiger partial charge in [-0.3, -0.25) is 0 Å². The van der Waals surface area contributed by atoms with Crippen LogP contribution < -0.4 is 5.32 Å². The minimum absolute atomic E-state index is 0.494. The molecule has 0 aromatic heterocycles. The Balaban J connectivity index is 1.77. The van der Waals surface area contributed by atoms with E-state index in [4.69, 9.17) is 0 Å². The topological polar surface area (TPSA) is 15.3 Å². The zero-order valence-corrected chi connectivity index (χ0v) is 12.7. The smallest absolute Gasteiger partial charge is 0.0169 e. The highest BCUT2D eigenvalue weighted by atomic mass is 15.2. The van der Waals surface area contributed by atoms with Crippen LogP contribution in [0.4, 0.5) is 0 Å². The highest BCUT2D eigenvalue weighted by molar-refractivity contribution is 4.89. The van der Waals surface area contributed by atoms with Gasteiger partial charge in [0.05, 0.1) is 0 Å². The number of nitrogens with zero attached hydrogens (tertiary/aromatic N) is 1. The highest BCUT2D eigenvalue weighted by Gasteiger charge is 2.32. The van der Waals surface area contributed by atoms with Gasteiger partial charge >= 0.3 is 0 Å². The number of hydrogen-bond acceptors (Lipinski definition) is 2. The molecule has 2 aliphatic rings. The van der Waals surface area contributed by atoms with E-state index < -0.39 is 0 Å². The SMILES string of the molecule is CC(CN1CCCCC1)NC1CCCCC1(C)C. The molecule has 2 unspecified atom stereocenters. The first kappa shape index (κ1) is 14.3. The number of likely N-dealkylation sites (tertiary alicyclic amines) is 1. The Morgan fingerprint density at radius 2 is 1.83 bits per heavy atom. The maximum atomic E-state index is 3.91. The highest BCUT2D eigenvalue weighted by Crippen LogP contribution is 2.35. The first-order chi connectivity index (χ1) is 8.58. The van der Waals surface area contributed by atoms with Crippen LogP contribution in [0.3, 0.4) is 0 Å². The van der Waals surface area contributed by atoms with Gasteiger partial charge in [-0.1, -0.05) is 33.1 Å². The van der Waals surface area contributed by atoms with E-state index in [9.17, 15) is 0 Å². The zero-order chi connectivity index (χ0) is 13.0. The van der Waals surface area contributed by atoms with Gasteiger partial charge in [0.2, 0.25) is 0 Å². The molecule has 1 aliphatic heterocycles. The van der Waals surface area contributed by atoms with Crippen LogP contribution in [-0.2, 0) is 0 Å². The summed E-state index contributed by atoms with van der Waals surface area (Å²) in [5, 5.41) is 3.91. The molecular weight excluding hydrogens is 220 g/mol. The normalized spacial score (nSPS) is 31.2. The Kier molecular flexibility index (Phi) is 5.08. The predicted octanol–water partition coefficient (Wildman–Crippen LogP) is 3.42. The fraction of sp³-hybridized carbons (Fsp3) is 1.00. The van der Waals surface area contributed by atoms with Crippen molar-refractivity contribution in [2.24, 2.45) is 5.41 Å². The summed E-state index contributed by atoms with van der Waals surface area (Å²) in [6.07, 6.45) is 9.85. The molecule has 0 amide bonds. The average molecular weight is 252 g/mol. The van der Waals surface area contributed by atoms with Crippen LogP contribution in [-0.4, -0.2) is 36.6 Å². The first-order valence-corrected chi connectivity index (χ1v) is 8.06. The minimum atomic E-state index is 0.494. The molecule has 1 heterocycles. The van der Waals surface area contributed by atoms with Crippen molar-refractivity contribution in [3.8, 4) is 0 Å². The number of nitrogens with one attached hydrogen (secondary N) is 1. The van der Waals surface area contributed by atoms with Gasteiger partial charge in [-0.25, -0.2) is 0 Å². The molecule has 0 spiro atoms. The summed E-state index contributed by atoms with van der Waals surface area (Å²) in [6, 6.07) is 1.37. The molecular formula is C16H32N2. The first-order valence-electron chi connectivity index (χ1n) is 8.06. The summed E-state index contributed by atoms with van der Waals surface area (Å²) in [7, 11) is 0. The molecule has 0 radical (unpaired) electrons. The van der Waals surface area contributed by atoms with Crippen molar-refractivity contribution < 1.29 is 0 Å². The summed E-state index contributed by atoms with van der Waals surface area (Å²) >= 11 is 0. The summed E-state index contributed by atoms with van der Waals surface area (Å²) in [4.78, 5) is 2.65. The van der Waals surface area contributed by atoms with Gasteiger partial charge in [0, 0.05) is 18.6 Å². The van der Waals surface area contributed by atoms with Crippen LogP contribution in [0, 0.1) is 5.41 Å². The van der Waals surface area contributed by atoms with E-state index >= 15 is 0 Å². The minimum Gasteiger partial charge on any atom is -0.310 e. The molecule has 1 aliphatic carbocycles. The van der Waals surface area contributed by atoms with Crippen LogP contribution in [0.25, 0.3) is 0 Å². The molecule has 0 bridgehead atoms. The molecule has 2 fully saturated rings. The van der Waals surface area contributed by atoms with Gasteiger partial charge in [-0.2, -0.15) is 0 Å². The third-order valence-corrected chi connectivity index (χ3v) is 4.97. The van der Waals surface area contributed by atoms with Crippen molar-refractivity contribution in [2.45, 2.75) is 77.8 Å². The predicted molar refractivity (Wildman–Crippen MR) is 78.9 cm³/mol. The van der Waals surface area contributed by atoms with E-state index in [1.54, 1.807) is 0 Å². The van der Waals surface area contributed by atoms with E-state index in [0.717, 1.165) is 6.04 Å². The summed E-state index contributed by atoms with van der Waals surface area (Å²) < 4.78 is 0. The molecule has 18 heavy (non-hydrogen) atoms. The molecule has 0 aromatic rings. The van der Waals surface area contributed by atoms with Gasteiger partial charge < -0.3 is 10.2 Å². The standard InChI is InChI=1S/C16H32N2/c1-14(13-18-11-7-4-8-12-18)17-15-9-5-6-10-16(15,2)3/h14-15,17H,4-13H2,1-3H3. The summed E-state index contributed by atoms with van der Waals surface area (Å²) in [5.41, 5.74) is 0.494. The lowest BCUT2D eigenvalue weighted by atomic mass is 9.73. The molecule has 2 heteroatoms. The van der Waals surface area contributed by atoms with Crippen LogP contribution >= 0.6 is 0 Å². The summed E-state index contributed by atoms with van der Waals surface area (Å²) in [5.74, 6) is 0. The molecule has 1 saturated carbocycles. The van der Waals surface area contributed by atoms with Crippen molar-refractivity contribution in [3.63, 3.8) is 0 Å². The Bertz CT molecular complexity index is 243. The van der Waals surface area contributed by atoms with Crippen LogP contribution in [0.1, 0.15) is 65.7 Å². The Morgan fingerprint density at radius 3 is 2.50 bits per heavy atom. The quantitative estimate of drug-likeness (QED) is 0.825. The van der Waals surface area contributed by atoms with Crippen molar-refractivity contribution in [3.05, 3.63) is 0 Å². The van der Waals surface area contributed by atoms with E-state index in [-0.39, 0.29) is 0 Å². The molecule has 1 N–H and O–H groups in total. The Labute approximate surface area is 114 Å². The van der Waals surface area contributed by atoms with Crippen molar-refractivity contribution >= 4 is 0 Å². The fourth-order valence-corrected chi connectivity index (χ4v) is 3.73. The van der Waals surface area contributed by atoms with E-state index in [1.807, 2.05) is 0 Å². The third-order valence-electron chi connectivity index (χ3n) is 4.97. The molecule has 2 atom stereocenters.